The fraction of sp³-hybridized carbons (Fsp3) is 0. The van der Waals surface area contributed by atoms with Gasteiger partial charge in [0.05, 0.1) is 9.13 Å². The average Bonchev–Trinajstić information content (AvgIpc) is 2.33. The molecule has 0 fully saturated rings. The number of benzene rings is 2. The lowest BCUT2D eigenvalue weighted by atomic mass is 10.2. The molecule has 4 heteroatoms. The monoisotopic (exact) mass is 402 g/mol. The zero-order valence-electron chi connectivity index (χ0n) is 8.69. The standard InChI is InChI=1S/C13H8BrIO2/c14-10-7-5-9(6-8-10)13(16)17-12-4-2-1-3-11(12)15/h1-8H. The Morgan fingerprint density at radius 1 is 1.06 bits per heavy atom. The predicted molar refractivity (Wildman–Crippen MR) is 78.3 cm³/mol. The lowest BCUT2D eigenvalue weighted by Crippen LogP contribution is -2.08. The van der Waals surface area contributed by atoms with E-state index in [1.807, 2.05) is 30.3 Å². The van der Waals surface area contributed by atoms with Crippen molar-refractivity contribution in [1.29, 1.82) is 0 Å². The topological polar surface area (TPSA) is 26.3 Å². The molecular weight excluding hydrogens is 395 g/mol. The largest absolute Gasteiger partial charge is 0.422 e. The summed E-state index contributed by atoms with van der Waals surface area (Å²) in [4.78, 5) is 11.8. The smallest absolute Gasteiger partial charge is 0.343 e. The number of para-hydroxylation sites is 1. The maximum atomic E-state index is 11.8. The van der Waals surface area contributed by atoms with Gasteiger partial charge in [0.2, 0.25) is 0 Å². The minimum Gasteiger partial charge on any atom is -0.422 e. The molecule has 0 aliphatic rings. The Labute approximate surface area is 121 Å². The van der Waals surface area contributed by atoms with Crippen molar-refractivity contribution in [3.63, 3.8) is 0 Å². The number of carbonyl (C=O) groups excluding carboxylic acids is 1. The first kappa shape index (κ1) is 12.6. The second-order valence-corrected chi connectivity index (χ2v) is 5.40. The molecule has 0 unspecified atom stereocenters. The molecule has 2 nitrogen and oxygen atoms in total. The summed E-state index contributed by atoms with van der Waals surface area (Å²) in [6.45, 7) is 0. The van der Waals surface area contributed by atoms with E-state index in [2.05, 4.69) is 38.5 Å². The van der Waals surface area contributed by atoms with E-state index in [-0.39, 0.29) is 5.97 Å². The Hall–Kier alpha value is -0.880. The highest BCUT2D eigenvalue weighted by Gasteiger charge is 2.09. The van der Waals surface area contributed by atoms with E-state index in [0.29, 0.717) is 11.3 Å². The van der Waals surface area contributed by atoms with Crippen LogP contribution >= 0.6 is 38.5 Å². The quantitative estimate of drug-likeness (QED) is 0.426. The Balaban J connectivity index is 2.17. The minimum absolute atomic E-state index is 0.346. The van der Waals surface area contributed by atoms with Gasteiger partial charge in [-0.1, -0.05) is 28.1 Å². The molecule has 2 aromatic carbocycles. The molecule has 86 valence electrons. The third-order valence-corrected chi connectivity index (χ3v) is 3.54. The molecule has 0 saturated heterocycles. The molecule has 0 amide bonds. The summed E-state index contributed by atoms with van der Waals surface area (Å²) in [5, 5.41) is 0. The first-order valence-corrected chi connectivity index (χ1v) is 6.76. The van der Waals surface area contributed by atoms with E-state index in [1.165, 1.54) is 0 Å². The summed E-state index contributed by atoms with van der Waals surface area (Å²) in [7, 11) is 0. The van der Waals surface area contributed by atoms with Crippen molar-refractivity contribution in [3.8, 4) is 5.75 Å². The second-order valence-electron chi connectivity index (χ2n) is 3.33. The fourth-order valence-corrected chi connectivity index (χ4v) is 2.03. The molecule has 0 saturated carbocycles. The van der Waals surface area contributed by atoms with Crippen LogP contribution in [-0.2, 0) is 0 Å². The summed E-state index contributed by atoms with van der Waals surface area (Å²) < 4.78 is 7.16. The van der Waals surface area contributed by atoms with Gasteiger partial charge in [-0.05, 0) is 59.0 Å². The van der Waals surface area contributed by atoms with Crippen LogP contribution in [0.25, 0.3) is 0 Å². The minimum atomic E-state index is -0.346. The molecule has 17 heavy (non-hydrogen) atoms. The van der Waals surface area contributed by atoms with Crippen LogP contribution in [0.4, 0.5) is 0 Å². The molecule has 0 atom stereocenters. The Bertz CT molecular complexity index is 537. The van der Waals surface area contributed by atoms with Crippen molar-refractivity contribution in [3.05, 3.63) is 62.1 Å². The molecule has 0 aliphatic carbocycles. The van der Waals surface area contributed by atoms with E-state index in [9.17, 15) is 4.79 Å². The molecule has 0 aromatic heterocycles. The van der Waals surface area contributed by atoms with Gasteiger partial charge in [0.25, 0.3) is 0 Å². The molecule has 0 bridgehead atoms. The third kappa shape index (κ3) is 3.29. The van der Waals surface area contributed by atoms with Crippen LogP contribution in [-0.4, -0.2) is 5.97 Å². The lowest BCUT2D eigenvalue weighted by molar-refractivity contribution is 0.0733. The zero-order valence-corrected chi connectivity index (χ0v) is 12.4. The zero-order chi connectivity index (χ0) is 12.3. The number of hydrogen-bond donors (Lipinski definition) is 0. The lowest BCUT2D eigenvalue weighted by Gasteiger charge is -2.05. The predicted octanol–water partition coefficient (Wildman–Crippen LogP) is 4.27. The van der Waals surface area contributed by atoms with Gasteiger partial charge in [0.1, 0.15) is 5.75 Å². The van der Waals surface area contributed by atoms with Crippen LogP contribution in [0.2, 0.25) is 0 Å². The van der Waals surface area contributed by atoms with Crippen LogP contribution in [0.5, 0.6) is 5.75 Å². The number of ether oxygens (including phenoxy) is 1. The van der Waals surface area contributed by atoms with E-state index in [4.69, 9.17) is 4.74 Å². The van der Waals surface area contributed by atoms with Gasteiger partial charge >= 0.3 is 5.97 Å². The SMILES string of the molecule is O=C(Oc1ccccc1I)c1ccc(Br)cc1. The summed E-state index contributed by atoms with van der Waals surface area (Å²) in [6.07, 6.45) is 0. The first-order chi connectivity index (χ1) is 8.16. The van der Waals surface area contributed by atoms with Crippen molar-refractivity contribution >= 4 is 44.5 Å². The number of hydrogen-bond acceptors (Lipinski definition) is 2. The summed E-state index contributed by atoms with van der Waals surface area (Å²) in [5.74, 6) is 0.239. The highest BCUT2D eigenvalue weighted by atomic mass is 127. The highest BCUT2D eigenvalue weighted by Crippen LogP contribution is 2.21. The maximum Gasteiger partial charge on any atom is 0.343 e. The van der Waals surface area contributed by atoms with Crippen molar-refractivity contribution in [2.45, 2.75) is 0 Å². The molecule has 2 aromatic rings. The summed E-state index contributed by atoms with van der Waals surface area (Å²) in [6, 6.07) is 14.5. The molecule has 0 radical (unpaired) electrons. The molecule has 0 heterocycles. The molecule has 0 N–H and O–H groups in total. The van der Waals surface area contributed by atoms with E-state index in [1.54, 1.807) is 18.2 Å². The van der Waals surface area contributed by atoms with Crippen molar-refractivity contribution < 1.29 is 9.53 Å². The van der Waals surface area contributed by atoms with Crippen molar-refractivity contribution in [2.75, 3.05) is 0 Å². The number of halogens is 2. The maximum absolute atomic E-state index is 11.8. The number of carbonyl (C=O) groups is 1. The average molecular weight is 403 g/mol. The van der Waals surface area contributed by atoms with Crippen LogP contribution < -0.4 is 4.74 Å². The normalized spacial score (nSPS) is 10.0. The molecule has 0 spiro atoms. The van der Waals surface area contributed by atoms with Gasteiger partial charge in [-0.2, -0.15) is 0 Å². The Morgan fingerprint density at radius 2 is 1.71 bits per heavy atom. The van der Waals surface area contributed by atoms with Gasteiger partial charge < -0.3 is 4.74 Å². The Morgan fingerprint density at radius 3 is 2.35 bits per heavy atom. The van der Waals surface area contributed by atoms with Crippen LogP contribution in [0.1, 0.15) is 10.4 Å². The van der Waals surface area contributed by atoms with E-state index < -0.39 is 0 Å². The third-order valence-electron chi connectivity index (χ3n) is 2.12. The molecule has 2 rings (SSSR count). The van der Waals surface area contributed by atoms with Crippen LogP contribution in [0.15, 0.2) is 53.0 Å². The van der Waals surface area contributed by atoms with Crippen LogP contribution in [0.3, 0.4) is 0 Å². The van der Waals surface area contributed by atoms with E-state index >= 15 is 0 Å². The van der Waals surface area contributed by atoms with Gasteiger partial charge in [0, 0.05) is 4.47 Å². The van der Waals surface area contributed by atoms with Gasteiger partial charge in [-0.3, -0.25) is 0 Å². The fourth-order valence-electron chi connectivity index (χ4n) is 1.27. The Kier molecular flexibility index (Phi) is 4.17. The summed E-state index contributed by atoms with van der Waals surface area (Å²) in [5.41, 5.74) is 0.535. The highest BCUT2D eigenvalue weighted by molar-refractivity contribution is 14.1. The number of rotatable bonds is 2. The van der Waals surface area contributed by atoms with Crippen molar-refractivity contribution in [2.24, 2.45) is 0 Å². The van der Waals surface area contributed by atoms with Crippen LogP contribution in [0, 0.1) is 3.57 Å². The number of esters is 1. The van der Waals surface area contributed by atoms with E-state index in [0.717, 1.165) is 8.04 Å². The van der Waals surface area contributed by atoms with Gasteiger partial charge in [-0.15, -0.1) is 0 Å². The van der Waals surface area contributed by atoms with Gasteiger partial charge in [-0.25, -0.2) is 4.79 Å². The second kappa shape index (κ2) is 5.64. The molecule has 0 aliphatic heterocycles. The molecular formula is C13H8BrIO2. The van der Waals surface area contributed by atoms with Gasteiger partial charge in [0.15, 0.2) is 0 Å². The summed E-state index contributed by atoms with van der Waals surface area (Å²) >= 11 is 5.45. The van der Waals surface area contributed by atoms with Crippen molar-refractivity contribution in [1.82, 2.24) is 0 Å². The first-order valence-electron chi connectivity index (χ1n) is 4.89.